The smallest absolute Gasteiger partial charge is 0.309 e. The molecule has 1 N–H and O–H groups in total. The Kier molecular flexibility index (Phi) is 3.24. The lowest BCUT2D eigenvalue weighted by atomic mass is 9.81. The van der Waals surface area contributed by atoms with E-state index in [-0.39, 0.29) is 11.8 Å². The first-order valence-electron chi connectivity index (χ1n) is 7.21. The maximum Gasteiger partial charge on any atom is 0.309 e. The number of rotatable bonds is 3. The topological polar surface area (TPSA) is 57.6 Å². The van der Waals surface area contributed by atoms with Gasteiger partial charge in [0.2, 0.25) is 0 Å². The maximum absolute atomic E-state index is 12.3. The SMILES string of the molecule is O=C(c1ccccc1)N1CCC(C2(C(=O)O)CC2)CC1. The van der Waals surface area contributed by atoms with Gasteiger partial charge < -0.3 is 10.0 Å². The number of amides is 1. The third-order valence-corrected chi connectivity index (χ3v) is 4.80. The Morgan fingerprint density at radius 3 is 2.20 bits per heavy atom. The number of likely N-dealkylation sites (tertiary alicyclic amines) is 1. The molecule has 1 amide bonds. The summed E-state index contributed by atoms with van der Waals surface area (Å²) in [6, 6.07) is 9.28. The molecule has 106 valence electrons. The summed E-state index contributed by atoms with van der Waals surface area (Å²) in [7, 11) is 0. The summed E-state index contributed by atoms with van der Waals surface area (Å²) in [6.45, 7) is 1.35. The zero-order valence-corrected chi connectivity index (χ0v) is 11.4. The van der Waals surface area contributed by atoms with Crippen LogP contribution in [0.25, 0.3) is 0 Å². The van der Waals surface area contributed by atoms with Gasteiger partial charge in [0.1, 0.15) is 0 Å². The average molecular weight is 273 g/mol. The van der Waals surface area contributed by atoms with Crippen molar-refractivity contribution in [1.29, 1.82) is 0 Å². The molecule has 1 saturated carbocycles. The molecule has 2 aliphatic rings. The highest BCUT2D eigenvalue weighted by molar-refractivity contribution is 5.94. The minimum absolute atomic E-state index is 0.0595. The van der Waals surface area contributed by atoms with E-state index in [1.165, 1.54) is 0 Å². The summed E-state index contributed by atoms with van der Waals surface area (Å²) in [5, 5.41) is 9.33. The number of hydrogen-bond donors (Lipinski definition) is 1. The highest BCUT2D eigenvalue weighted by Gasteiger charge is 2.56. The Hall–Kier alpha value is -1.84. The number of hydrogen-bond acceptors (Lipinski definition) is 2. The molecule has 2 fully saturated rings. The van der Waals surface area contributed by atoms with Gasteiger partial charge in [-0.05, 0) is 43.7 Å². The fourth-order valence-corrected chi connectivity index (χ4v) is 3.33. The van der Waals surface area contributed by atoms with Gasteiger partial charge in [-0.2, -0.15) is 0 Å². The van der Waals surface area contributed by atoms with Crippen molar-refractivity contribution in [3.8, 4) is 0 Å². The highest BCUT2D eigenvalue weighted by atomic mass is 16.4. The lowest BCUT2D eigenvalue weighted by Gasteiger charge is -2.35. The van der Waals surface area contributed by atoms with Gasteiger partial charge in [0.15, 0.2) is 0 Å². The quantitative estimate of drug-likeness (QED) is 0.920. The lowest BCUT2D eigenvalue weighted by molar-refractivity contribution is -0.146. The second-order valence-corrected chi connectivity index (χ2v) is 5.89. The first-order chi connectivity index (χ1) is 9.63. The van der Waals surface area contributed by atoms with E-state index >= 15 is 0 Å². The molecule has 0 spiro atoms. The Morgan fingerprint density at radius 2 is 1.70 bits per heavy atom. The predicted molar refractivity (Wildman–Crippen MR) is 74.4 cm³/mol. The number of nitrogens with zero attached hydrogens (tertiary/aromatic N) is 1. The van der Waals surface area contributed by atoms with E-state index in [4.69, 9.17) is 0 Å². The number of carboxylic acids is 1. The molecule has 0 atom stereocenters. The van der Waals surface area contributed by atoms with E-state index in [0.717, 1.165) is 25.7 Å². The van der Waals surface area contributed by atoms with E-state index in [0.29, 0.717) is 18.7 Å². The van der Waals surface area contributed by atoms with Crippen molar-refractivity contribution in [2.45, 2.75) is 25.7 Å². The van der Waals surface area contributed by atoms with Crippen molar-refractivity contribution >= 4 is 11.9 Å². The molecule has 1 heterocycles. The average Bonchev–Trinajstić information content (AvgIpc) is 3.29. The number of carbonyl (C=O) groups excluding carboxylic acids is 1. The molecular formula is C16H19NO3. The van der Waals surface area contributed by atoms with Crippen LogP contribution in [0.5, 0.6) is 0 Å². The summed E-state index contributed by atoms with van der Waals surface area (Å²) >= 11 is 0. The molecule has 1 saturated heterocycles. The van der Waals surface area contributed by atoms with Crippen LogP contribution in [0.15, 0.2) is 30.3 Å². The fraction of sp³-hybridized carbons (Fsp3) is 0.500. The van der Waals surface area contributed by atoms with Crippen LogP contribution in [-0.4, -0.2) is 35.0 Å². The number of carbonyl (C=O) groups is 2. The van der Waals surface area contributed by atoms with E-state index in [9.17, 15) is 14.7 Å². The second-order valence-electron chi connectivity index (χ2n) is 5.89. The predicted octanol–water partition coefficient (Wildman–Crippen LogP) is 2.40. The first-order valence-corrected chi connectivity index (χ1v) is 7.21. The highest BCUT2D eigenvalue weighted by Crippen LogP contribution is 2.55. The molecule has 4 nitrogen and oxygen atoms in total. The lowest BCUT2D eigenvalue weighted by Crippen LogP contribution is -2.42. The molecule has 0 radical (unpaired) electrons. The summed E-state index contributed by atoms with van der Waals surface area (Å²) in [5.74, 6) is -0.352. The van der Waals surface area contributed by atoms with Crippen molar-refractivity contribution < 1.29 is 14.7 Å². The Labute approximate surface area is 118 Å². The first kappa shape index (κ1) is 13.2. The van der Waals surface area contributed by atoms with Gasteiger partial charge in [-0.3, -0.25) is 9.59 Å². The summed E-state index contributed by atoms with van der Waals surface area (Å²) in [4.78, 5) is 25.5. The van der Waals surface area contributed by atoms with Crippen molar-refractivity contribution in [2.75, 3.05) is 13.1 Å². The van der Waals surface area contributed by atoms with Gasteiger partial charge in [-0.15, -0.1) is 0 Å². The standard InChI is InChI=1S/C16H19NO3/c18-14(12-4-2-1-3-5-12)17-10-6-13(7-11-17)16(8-9-16)15(19)20/h1-5,13H,6-11H2,(H,19,20). The Balaban J connectivity index is 1.62. The molecular weight excluding hydrogens is 254 g/mol. The molecule has 0 bridgehead atoms. The number of piperidine rings is 1. The zero-order chi connectivity index (χ0) is 14.2. The Bertz CT molecular complexity index is 514. The largest absolute Gasteiger partial charge is 0.481 e. The maximum atomic E-state index is 12.3. The van der Waals surface area contributed by atoms with Crippen LogP contribution in [0.4, 0.5) is 0 Å². The zero-order valence-electron chi connectivity index (χ0n) is 11.4. The van der Waals surface area contributed by atoms with Crippen molar-refractivity contribution in [3.05, 3.63) is 35.9 Å². The van der Waals surface area contributed by atoms with E-state index < -0.39 is 11.4 Å². The van der Waals surface area contributed by atoms with E-state index in [2.05, 4.69) is 0 Å². The molecule has 1 aliphatic carbocycles. The molecule has 3 rings (SSSR count). The molecule has 20 heavy (non-hydrogen) atoms. The number of aliphatic carboxylic acids is 1. The summed E-state index contributed by atoms with van der Waals surface area (Å²) < 4.78 is 0. The summed E-state index contributed by atoms with van der Waals surface area (Å²) in [6.07, 6.45) is 3.23. The van der Waals surface area contributed by atoms with Crippen LogP contribution in [0.2, 0.25) is 0 Å². The van der Waals surface area contributed by atoms with Crippen LogP contribution in [0, 0.1) is 11.3 Å². The second kappa shape index (κ2) is 4.93. The molecule has 1 aliphatic heterocycles. The minimum atomic E-state index is -0.648. The third-order valence-electron chi connectivity index (χ3n) is 4.80. The van der Waals surface area contributed by atoms with Gasteiger partial charge in [-0.25, -0.2) is 0 Å². The molecule has 0 unspecified atom stereocenters. The molecule has 4 heteroatoms. The van der Waals surface area contributed by atoms with Crippen LogP contribution >= 0.6 is 0 Å². The van der Waals surface area contributed by atoms with Gasteiger partial charge >= 0.3 is 5.97 Å². The molecule has 1 aromatic rings. The van der Waals surface area contributed by atoms with E-state index in [1.54, 1.807) is 0 Å². The minimum Gasteiger partial charge on any atom is -0.481 e. The van der Waals surface area contributed by atoms with Crippen molar-refractivity contribution in [1.82, 2.24) is 4.90 Å². The van der Waals surface area contributed by atoms with Gasteiger partial charge in [0.25, 0.3) is 5.91 Å². The van der Waals surface area contributed by atoms with Crippen LogP contribution in [-0.2, 0) is 4.79 Å². The Morgan fingerprint density at radius 1 is 1.10 bits per heavy atom. The van der Waals surface area contributed by atoms with Crippen molar-refractivity contribution in [3.63, 3.8) is 0 Å². The van der Waals surface area contributed by atoms with Crippen molar-refractivity contribution in [2.24, 2.45) is 11.3 Å². The monoisotopic (exact) mass is 273 g/mol. The molecule has 0 aromatic heterocycles. The fourth-order valence-electron chi connectivity index (χ4n) is 3.33. The van der Waals surface area contributed by atoms with Gasteiger partial charge in [0, 0.05) is 18.7 Å². The van der Waals surface area contributed by atoms with Crippen LogP contribution < -0.4 is 0 Å². The molecule has 1 aromatic carbocycles. The third kappa shape index (κ3) is 2.19. The summed E-state index contributed by atoms with van der Waals surface area (Å²) in [5.41, 5.74) is 0.243. The number of carboxylic acid groups (broad SMARTS) is 1. The van der Waals surface area contributed by atoms with Gasteiger partial charge in [-0.1, -0.05) is 18.2 Å². The normalized spacial score (nSPS) is 21.5. The number of benzene rings is 1. The van der Waals surface area contributed by atoms with Gasteiger partial charge in [0.05, 0.1) is 5.41 Å². The van der Waals surface area contributed by atoms with E-state index in [1.807, 2.05) is 35.2 Å². The van der Waals surface area contributed by atoms with Crippen LogP contribution in [0.1, 0.15) is 36.0 Å². The van der Waals surface area contributed by atoms with Crippen LogP contribution in [0.3, 0.4) is 0 Å².